The molecule has 1 aromatic rings. The van der Waals surface area contributed by atoms with Crippen LogP contribution in [0, 0.1) is 0 Å². The van der Waals surface area contributed by atoms with Crippen LogP contribution < -0.4 is 0 Å². The van der Waals surface area contributed by atoms with E-state index in [-0.39, 0.29) is 0 Å². The lowest BCUT2D eigenvalue weighted by atomic mass is 10.4. The Morgan fingerprint density at radius 3 is 2.20 bits per heavy atom. The predicted octanol–water partition coefficient (Wildman–Crippen LogP) is 2.65. The zero-order chi connectivity index (χ0) is 7.82. The third kappa shape index (κ3) is 4.13. The molecule has 0 aliphatic heterocycles. The van der Waals surface area contributed by atoms with Crippen LogP contribution in [0.15, 0.2) is 17.0 Å². The average Bonchev–Trinajstić information content (AvgIpc) is 2.39. The lowest BCUT2D eigenvalue weighted by Crippen LogP contribution is -1.67. The molecule has 2 heteroatoms. The van der Waals surface area contributed by atoms with Crippen molar-refractivity contribution in [2.75, 3.05) is 0 Å². The summed E-state index contributed by atoms with van der Waals surface area (Å²) in [4.78, 5) is 3.73. The number of hydrogen-bond donors (Lipinski definition) is 0. The van der Waals surface area contributed by atoms with Gasteiger partial charge in [-0.2, -0.15) is 0 Å². The van der Waals surface area contributed by atoms with Crippen molar-refractivity contribution in [3.8, 4) is 0 Å². The second kappa shape index (κ2) is 6.33. The highest BCUT2D eigenvalue weighted by Gasteiger charge is 1.85. The SMILES string of the molecule is CCC.CCc1cnco1. The first-order chi connectivity index (χ1) is 4.85. The largest absolute Gasteiger partial charge is 0.449 e. The summed E-state index contributed by atoms with van der Waals surface area (Å²) in [6.07, 6.45) is 5.35. The lowest BCUT2D eigenvalue weighted by molar-refractivity contribution is 0.510. The molecule has 0 spiro atoms. The third-order valence-electron chi connectivity index (χ3n) is 0.832. The summed E-state index contributed by atoms with van der Waals surface area (Å²) in [6, 6.07) is 0. The Labute approximate surface area is 62.3 Å². The predicted molar refractivity (Wildman–Crippen MR) is 41.8 cm³/mol. The Morgan fingerprint density at radius 2 is 2.00 bits per heavy atom. The molecule has 0 amide bonds. The van der Waals surface area contributed by atoms with Gasteiger partial charge in [0.1, 0.15) is 5.76 Å². The maximum atomic E-state index is 4.87. The molecule has 0 aliphatic rings. The maximum absolute atomic E-state index is 4.87. The monoisotopic (exact) mass is 141 g/mol. The van der Waals surface area contributed by atoms with Gasteiger partial charge in [0, 0.05) is 6.42 Å². The van der Waals surface area contributed by atoms with Gasteiger partial charge in [-0.1, -0.05) is 27.2 Å². The Bertz CT molecular complexity index is 135. The van der Waals surface area contributed by atoms with E-state index >= 15 is 0 Å². The maximum Gasteiger partial charge on any atom is 0.180 e. The summed E-state index contributed by atoms with van der Waals surface area (Å²) in [7, 11) is 0. The molecule has 0 saturated carbocycles. The fourth-order valence-corrected chi connectivity index (χ4v) is 0.417. The van der Waals surface area contributed by atoms with Crippen LogP contribution in [0.25, 0.3) is 0 Å². The Kier molecular flexibility index (Phi) is 5.83. The standard InChI is InChI=1S/C5H7NO.C3H8/c1-2-5-3-6-4-7-5;1-3-2/h3-4H,2H2,1H3;3H2,1-2H3. The Hall–Kier alpha value is -0.790. The minimum Gasteiger partial charge on any atom is -0.449 e. The normalized spacial score (nSPS) is 8.30. The molecule has 2 nitrogen and oxygen atoms in total. The molecule has 10 heavy (non-hydrogen) atoms. The first-order valence-electron chi connectivity index (χ1n) is 3.72. The number of rotatable bonds is 1. The molecule has 1 aromatic heterocycles. The smallest absolute Gasteiger partial charge is 0.180 e. The molecule has 0 N–H and O–H groups in total. The van der Waals surface area contributed by atoms with Crippen LogP contribution in [-0.2, 0) is 6.42 Å². The van der Waals surface area contributed by atoms with Crippen LogP contribution in [0.4, 0.5) is 0 Å². The highest BCUT2D eigenvalue weighted by Crippen LogP contribution is 1.94. The van der Waals surface area contributed by atoms with Crippen LogP contribution in [0.1, 0.15) is 33.0 Å². The van der Waals surface area contributed by atoms with E-state index in [9.17, 15) is 0 Å². The van der Waals surface area contributed by atoms with Crippen molar-refractivity contribution in [3.05, 3.63) is 18.4 Å². The summed E-state index contributed by atoms with van der Waals surface area (Å²) in [5, 5.41) is 0. The third-order valence-corrected chi connectivity index (χ3v) is 0.832. The van der Waals surface area contributed by atoms with Gasteiger partial charge in [-0.25, -0.2) is 4.98 Å². The molecule has 0 fully saturated rings. The lowest BCUT2D eigenvalue weighted by Gasteiger charge is -1.77. The van der Waals surface area contributed by atoms with E-state index in [1.165, 1.54) is 12.8 Å². The molecule has 0 saturated heterocycles. The molecule has 0 radical (unpaired) electrons. The number of hydrogen-bond acceptors (Lipinski definition) is 2. The average molecular weight is 141 g/mol. The van der Waals surface area contributed by atoms with Crippen molar-refractivity contribution >= 4 is 0 Å². The van der Waals surface area contributed by atoms with Crippen molar-refractivity contribution in [1.82, 2.24) is 4.98 Å². The van der Waals surface area contributed by atoms with Crippen molar-refractivity contribution in [3.63, 3.8) is 0 Å². The van der Waals surface area contributed by atoms with Crippen LogP contribution in [0.5, 0.6) is 0 Å². The number of aryl methyl sites for hydroxylation is 1. The van der Waals surface area contributed by atoms with Gasteiger partial charge in [0.2, 0.25) is 0 Å². The highest BCUT2D eigenvalue weighted by atomic mass is 16.3. The summed E-state index contributed by atoms with van der Waals surface area (Å²) < 4.78 is 4.87. The zero-order valence-electron chi connectivity index (χ0n) is 6.92. The molecule has 0 atom stereocenters. The van der Waals surface area contributed by atoms with Gasteiger partial charge in [0.15, 0.2) is 6.39 Å². The van der Waals surface area contributed by atoms with E-state index in [1.807, 2.05) is 6.92 Å². The van der Waals surface area contributed by atoms with E-state index in [0.717, 1.165) is 12.2 Å². The second-order valence-corrected chi connectivity index (χ2v) is 2.03. The quantitative estimate of drug-likeness (QED) is 0.601. The van der Waals surface area contributed by atoms with E-state index in [1.54, 1.807) is 6.20 Å². The van der Waals surface area contributed by atoms with Gasteiger partial charge < -0.3 is 4.42 Å². The van der Waals surface area contributed by atoms with Gasteiger partial charge in [0.05, 0.1) is 6.20 Å². The molecule has 0 unspecified atom stereocenters. The van der Waals surface area contributed by atoms with Gasteiger partial charge >= 0.3 is 0 Å². The van der Waals surface area contributed by atoms with E-state index < -0.39 is 0 Å². The van der Waals surface area contributed by atoms with Crippen LogP contribution in [-0.4, -0.2) is 4.98 Å². The highest BCUT2D eigenvalue weighted by molar-refractivity contribution is 4.85. The van der Waals surface area contributed by atoms with Crippen LogP contribution in [0.3, 0.4) is 0 Å². The molecule has 0 aliphatic carbocycles. The number of nitrogens with zero attached hydrogens (tertiary/aromatic N) is 1. The number of oxazole rings is 1. The summed E-state index contributed by atoms with van der Waals surface area (Å²) in [5.41, 5.74) is 0. The van der Waals surface area contributed by atoms with E-state index in [2.05, 4.69) is 18.8 Å². The molecule has 0 aromatic carbocycles. The minimum atomic E-state index is 0.931. The fraction of sp³-hybridized carbons (Fsp3) is 0.625. The fourth-order valence-electron chi connectivity index (χ4n) is 0.417. The molecule has 1 heterocycles. The van der Waals surface area contributed by atoms with Crippen molar-refractivity contribution in [1.29, 1.82) is 0 Å². The molecular weight excluding hydrogens is 126 g/mol. The van der Waals surface area contributed by atoms with Crippen LogP contribution >= 0.6 is 0 Å². The van der Waals surface area contributed by atoms with Gasteiger partial charge in [-0.3, -0.25) is 0 Å². The summed E-state index contributed by atoms with van der Waals surface area (Å²) in [6.45, 7) is 6.28. The molecular formula is C8H15NO. The summed E-state index contributed by atoms with van der Waals surface area (Å²) >= 11 is 0. The second-order valence-electron chi connectivity index (χ2n) is 2.03. The molecule has 0 bridgehead atoms. The van der Waals surface area contributed by atoms with Crippen molar-refractivity contribution in [2.45, 2.75) is 33.6 Å². The Morgan fingerprint density at radius 1 is 1.40 bits per heavy atom. The molecule has 58 valence electrons. The minimum absolute atomic E-state index is 0.931. The van der Waals surface area contributed by atoms with Gasteiger partial charge in [-0.05, 0) is 0 Å². The van der Waals surface area contributed by atoms with E-state index in [0.29, 0.717) is 0 Å². The van der Waals surface area contributed by atoms with Crippen LogP contribution in [0.2, 0.25) is 0 Å². The summed E-state index contributed by atoms with van der Waals surface area (Å²) in [5.74, 6) is 0.944. The number of aromatic nitrogens is 1. The first kappa shape index (κ1) is 9.21. The zero-order valence-corrected chi connectivity index (χ0v) is 6.92. The topological polar surface area (TPSA) is 26.0 Å². The van der Waals surface area contributed by atoms with Gasteiger partial charge in [-0.15, -0.1) is 0 Å². The Balaban J connectivity index is 0.000000236. The van der Waals surface area contributed by atoms with E-state index in [4.69, 9.17) is 4.42 Å². The first-order valence-corrected chi connectivity index (χ1v) is 3.72. The molecule has 1 rings (SSSR count). The van der Waals surface area contributed by atoms with Crippen molar-refractivity contribution in [2.24, 2.45) is 0 Å². The van der Waals surface area contributed by atoms with Crippen molar-refractivity contribution < 1.29 is 4.42 Å². The van der Waals surface area contributed by atoms with Gasteiger partial charge in [0.25, 0.3) is 0 Å².